The molecule has 0 radical (unpaired) electrons. The Morgan fingerprint density at radius 1 is 1.04 bits per heavy atom. The van der Waals surface area contributed by atoms with Crippen LogP contribution < -0.4 is 10.2 Å². The minimum atomic E-state index is -0.171. The first-order valence-electron chi connectivity index (χ1n) is 8.59. The number of morpholine rings is 1. The highest BCUT2D eigenvalue weighted by atomic mass is 79.9. The summed E-state index contributed by atoms with van der Waals surface area (Å²) in [6.07, 6.45) is 0.241. The molecular weight excluding hydrogens is 396 g/mol. The number of Topliss-reactive ketones (excluding diaryl/α,β-unsaturated/α-hetero) is 1. The van der Waals surface area contributed by atoms with Crippen LogP contribution in [0.4, 0.5) is 5.69 Å². The van der Waals surface area contributed by atoms with Crippen molar-refractivity contribution < 1.29 is 14.3 Å². The molecule has 1 aliphatic rings. The van der Waals surface area contributed by atoms with Crippen molar-refractivity contribution in [3.8, 4) is 0 Å². The summed E-state index contributed by atoms with van der Waals surface area (Å²) in [6, 6.07) is 15.1. The third kappa shape index (κ3) is 4.93. The molecule has 0 spiro atoms. The number of benzene rings is 2. The average Bonchev–Trinajstić information content (AvgIpc) is 2.69. The molecule has 0 aromatic heterocycles. The van der Waals surface area contributed by atoms with Crippen molar-refractivity contribution in [1.82, 2.24) is 5.32 Å². The predicted octanol–water partition coefficient (Wildman–Crippen LogP) is 2.83. The van der Waals surface area contributed by atoms with Crippen LogP contribution in [0.3, 0.4) is 0 Å². The van der Waals surface area contributed by atoms with E-state index in [1.807, 2.05) is 48.5 Å². The van der Waals surface area contributed by atoms with Gasteiger partial charge in [0.15, 0.2) is 5.78 Å². The third-order valence-corrected chi connectivity index (χ3v) is 5.09. The number of amides is 1. The lowest BCUT2D eigenvalue weighted by molar-refractivity contribution is -0.120. The first kappa shape index (κ1) is 18.6. The van der Waals surface area contributed by atoms with E-state index in [-0.39, 0.29) is 24.7 Å². The lowest BCUT2D eigenvalue weighted by Crippen LogP contribution is -2.36. The molecule has 26 heavy (non-hydrogen) atoms. The molecule has 0 atom stereocenters. The second kappa shape index (κ2) is 8.96. The molecule has 1 aliphatic heterocycles. The first-order valence-corrected chi connectivity index (χ1v) is 9.39. The summed E-state index contributed by atoms with van der Waals surface area (Å²) in [4.78, 5) is 26.6. The molecule has 3 rings (SSSR count). The van der Waals surface area contributed by atoms with Crippen LogP contribution in [0.1, 0.15) is 15.9 Å². The number of hydrogen-bond acceptors (Lipinski definition) is 4. The number of nitrogens with one attached hydrogen (secondary N) is 1. The van der Waals surface area contributed by atoms with Crippen molar-refractivity contribution in [3.05, 3.63) is 64.1 Å². The van der Waals surface area contributed by atoms with Gasteiger partial charge in [0.05, 0.1) is 26.2 Å². The topological polar surface area (TPSA) is 58.6 Å². The molecule has 2 aromatic rings. The van der Waals surface area contributed by atoms with Crippen molar-refractivity contribution in [1.29, 1.82) is 0 Å². The lowest BCUT2D eigenvalue weighted by atomic mass is 10.1. The van der Waals surface area contributed by atoms with Gasteiger partial charge in [-0.15, -0.1) is 0 Å². The fourth-order valence-electron chi connectivity index (χ4n) is 2.84. The van der Waals surface area contributed by atoms with E-state index in [0.29, 0.717) is 5.56 Å². The molecule has 1 heterocycles. The van der Waals surface area contributed by atoms with Crippen LogP contribution in [-0.2, 0) is 16.0 Å². The van der Waals surface area contributed by atoms with E-state index in [4.69, 9.17) is 4.74 Å². The Morgan fingerprint density at radius 3 is 2.42 bits per heavy atom. The fraction of sp³-hybridized carbons (Fsp3) is 0.300. The van der Waals surface area contributed by atoms with Gasteiger partial charge in [0.1, 0.15) is 0 Å². The van der Waals surface area contributed by atoms with Gasteiger partial charge in [0, 0.05) is 28.8 Å². The molecule has 1 amide bonds. The number of hydrogen-bond donors (Lipinski definition) is 1. The third-order valence-electron chi connectivity index (χ3n) is 4.32. The molecule has 6 heteroatoms. The number of carbonyl (C=O) groups excluding carboxylic acids is 2. The number of rotatable bonds is 6. The highest BCUT2D eigenvalue weighted by molar-refractivity contribution is 9.10. The summed E-state index contributed by atoms with van der Waals surface area (Å²) < 4.78 is 6.24. The Morgan fingerprint density at radius 2 is 1.73 bits per heavy atom. The summed E-state index contributed by atoms with van der Waals surface area (Å²) in [6.45, 7) is 3.17. The van der Waals surface area contributed by atoms with E-state index in [1.165, 1.54) is 0 Å². The van der Waals surface area contributed by atoms with Crippen LogP contribution in [-0.4, -0.2) is 44.5 Å². The standard InChI is InChI=1S/C20H21BrN2O3/c21-18-4-2-1-3-16(18)13-20(25)22-14-19(24)15-5-7-17(8-6-15)23-9-11-26-12-10-23/h1-8H,9-14H2,(H,22,25). The highest BCUT2D eigenvalue weighted by Gasteiger charge is 2.13. The van der Waals surface area contributed by atoms with Crippen LogP contribution in [0.2, 0.25) is 0 Å². The maximum absolute atomic E-state index is 12.3. The van der Waals surface area contributed by atoms with Gasteiger partial charge in [0.25, 0.3) is 0 Å². The monoisotopic (exact) mass is 416 g/mol. The minimum Gasteiger partial charge on any atom is -0.378 e. The molecule has 136 valence electrons. The van der Waals surface area contributed by atoms with Crippen LogP contribution in [0.25, 0.3) is 0 Å². The highest BCUT2D eigenvalue weighted by Crippen LogP contribution is 2.17. The second-order valence-electron chi connectivity index (χ2n) is 6.11. The fourth-order valence-corrected chi connectivity index (χ4v) is 3.26. The molecule has 1 fully saturated rings. The molecule has 1 N–H and O–H groups in total. The second-order valence-corrected chi connectivity index (χ2v) is 6.97. The first-order chi connectivity index (χ1) is 12.6. The van der Waals surface area contributed by atoms with Gasteiger partial charge in [-0.3, -0.25) is 9.59 Å². The van der Waals surface area contributed by atoms with E-state index in [2.05, 4.69) is 26.1 Å². The summed E-state index contributed by atoms with van der Waals surface area (Å²) in [5.74, 6) is -0.269. The van der Waals surface area contributed by atoms with Crippen molar-refractivity contribution in [3.63, 3.8) is 0 Å². The largest absolute Gasteiger partial charge is 0.378 e. The van der Waals surface area contributed by atoms with Crippen molar-refractivity contribution in [2.75, 3.05) is 37.7 Å². The number of ether oxygens (including phenoxy) is 1. The quantitative estimate of drug-likeness (QED) is 0.735. The average molecular weight is 417 g/mol. The SMILES string of the molecule is O=C(Cc1ccccc1Br)NCC(=O)c1ccc(N2CCOCC2)cc1. The molecule has 0 aliphatic carbocycles. The predicted molar refractivity (Wildman–Crippen MR) is 105 cm³/mol. The van der Waals surface area contributed by atoms with E-state index < -0.39 is 0 Å². The van der Waals surface area contributed by atoms with Crippen LogP contribution in [0.5, 0.6) is 0 Å². The maximum atomic E-state index is 12.3. The van der Waals surface area contributed by atoms with Crippen LogP contribution in [0, 0.1) is 0 Å². The molecule has 0 saturated carbocycles. The van der Waals surface area contributed by atoms with Gasteiger partial charge in [-0.1, -0.05) is 34.1 Å². The van der Waals surface area contributed by atoms with Crippen molar-refractivity contribution in [2.24, 2.45) is 0 Å². The van der Waals surface area contributed by atoms with Crippen LogP contribution >= 0.6 is 15.9 Å². The smallest absolute Gasteiger partial charge is 0.224 e. The van der Waals surface area contributed by atoms with E-state index in [1.54, 1.807) is 0 Å². The summed E-state index contributed by atoms with van der Waals surface area (Å²) in [5.41, 5.74) is 2.58. The Labute approximate surface area is 161 Å². The number of halogens is 1. The van der Waals surface area contributed by atoms with Gasteiger partial charge < -0.3 is 15.0 Å². The van der Waals surface area contributed by atoms with E-state index >= 15 is 0 Å². The number of nitrogens with zero attached hydrogens (tertiary/aromatic N) is 1. The molecule has 5 nitrogen and oxygen atoms in total. The maximum Gasteiger partial charge on any atom is 0.224 e. The van der Waals surface area contributed by atoms with Crippen molar-refractivity contribution >= 4 is 33.3 Å². The zero-order chi connectivity index (χ0) is 18.4. The van der Waals surface area contributed by atoms with Gasteiger partial charge in [-0.05, 0) is 35.9 Å². The van der Waals surface area contributed by atoms with Crippen molar-refractivity contribution in [2.45, 2.75) is 6.42 Å². The Balaban J connectivity index is 1.51. The number of anilines is 1. The normalized spacial score (nSPS) is 14.1. The Kier molecular flexibility index (Phi) is 6.41. The lowest BCUT2D eigenvalue weighted by Gasteiger charge is -2.28. The number of ketones is 1. The van der Waals surface area contributed by atoms with Gasteiger partial charge in [-0.2, -0.15) is 0 Å². The van der Waals surface area contributed by atoms with Gasteiger partial charge >= 0.3 is 0 Å². The Hall–Kier alpha value is -2.18. The zero-order valence-corrected chi connectivity index (χ0v) is 16.0. The Bertz CT molecular complexity index is 771. The van der Waals surface area contributed by atoms with Gasteiger partial charge in [0.2, 0.25) is 5.91 Å². The molecule has 1 saturated heterocycles. The molecular formula is C20H21BrN2O3. The summed E-state index contributed by atoms with van der Waals surface area (Å²) in [5, 5.41) is 2.70. The van der Waals surface area contributed by atoms with E-state index in [9.17, 15) is 9.59 Å². The summed E-state index contributed by atoms with van der Waals surface area (Å²) >= 11 is 3.42. The van der Waals surface area contributed by atoms with E-state index in [0.717, 1.165) is 42.0 Å². The summed E-state index contributed by atoms with van der Waals surface area (Å²) in [7, 11) is 0. The zero-order valence-electron chi connectivity index (χ0n) is 14.4. The molecule has 0 bridgehead atoms. The van der Waals surface area contributed by atoms with Gasteiger partial charge in [-0.25, -0.2) is 0 Å². The molecule has 2 aromatic carbocycles. The molecule has 0 unspecified atom stereocenters. The number of carbonyl (C=O) groups is 2. The minimum absolute atomic E-state index is 0.000185. The van der Waals surface area contributed by atoms with Crippen LogP contribution in [0.15, 0.2) is 53.0 Å².